The van der Waals surface area contributed by atoms with Gasteiger partial charge in [0.2, 0.25) is 5.82 Å². The van der Waals surface area contributed by atoms with E-state index in [4.69, 9.17) is 18.9 Å². The lowest BCUT2D eigenvalue weighted by atomic mass is 10.1. The van der Waals surface area contributed by atoms with Crippen LogP contribution in [-0.2, 0) is 0 Å². The van der Waals surface area contributed by atoms with E-state index >= 15 is 4.39 Å². The number of nitrogens with zero attached hydrogens (tertiary/aromatic N) is 2. The van der Waals surface area contributed by atoms with Gasteiger partial charge >= 0.3 is 6.03 Å². The first-order chi connectivity index (χ1) is 17.5. The van der Waals surface area contributed by atoms with Crippen LogP contribution in [0.4, 0.5) is 25.0 Å². The lowest BCUT2D eigenvalue weighted by Gasteiger charge is -2.30. The predicted octanol–water partition coefficient (Wildman–Crippen LogP) is 5.75. The Hall–Kier alpha value is -4.60. The Morgan fingerprint density at radius 1 is 0.972 bits per heavy atom. The highest BCUT2D eigenvalue weighted by molar-refractivity contribution is 6.03. The average Bonchev–Trinajstić information content (AvgIpc) is 2.90. The first-order valence-corrected chi connectivity index (χ1v) is 11.0. The topological polar surface area (TPSA) is 82.2 Å². The second-order valence-corrected chi connectivity index (χ2v) is 7.80. The molecule has 2 heterocycles. The molecule has 8 nitrogen and oxygen atoms in total. The van der Waals surface area contributed by atoms with Crippen LogP contribution in [0.15, 0.2) is 60.8 Å². The summed E-state index contributed by atoms with van der Waals surface area (Å²) in [5, 5.41) is 3.27. The molecule has 10 heteroatoms. The van der Waals surface area contributed by atoms with E-state index in [1.54, 1.807) is 24.3 Å². The molecule has 0 fully saturated rings. The van der Waals surface area contributed by atoms with Crippen LogP contribution in [0.3, 0.4) is 0 Å². The van der Waals surface area contributed by atoms with Crippen molar-refractivity contribution in [2.24, 2.45) is 0 Å². The fraction of sp³-hybridized carbons (Fsp3) is 0.154. The minimum Gasteiger partial charge on any atom is -0.493 e. The van der Waals surface area contributed by atoms with Gasteiger partial charge in [-0.15, -0.1) is 0 Å². The lowest BCUT2D eigenvalue weighted by Crippen LogP contribution is -2.41. The fourth-order valence-corrected chi connectivity index (χ4v) is 3.91. The summed E-state index contributed by atoms with van der Waals surface area (Å²) in [4.78, 5) is 18.5. The normalized spacial score (nSPS) is 12.5. The molecule has 3 aromatic carbocycles. The highest BCUT2D eigenvalue weighted by Crippen LogP contribution is 2.42. The van der Waals surface area contributed by atoms with E-state index in [1.165, 1.54) is 55.6 Å². The number of aromatic nitrogens is 1. The highest BCUT2D eigenvalue weighted by Gasteiger charge is 2.28. The van der Waals surface area contributed by atoms with E-state index in [1.807, 2.05) is 0 Å². The van der Waals surface area contributed by atoms with E-state index in [9.17, 15) is 9.18 Å². The Bertz CT molecular complexity index is 1450. The standard InChI is InChI=1S/C26H21F2N3O5/c1-33-22-13-17-18(14-23(22)34-2)29-10-9-20(17)36-21-8-7-19-25(24(21)28)35-12-11-31(19)26(32)30-16-5-3-15(27)4-6-16/h3-10,13-14H,11-12H2,1-2H3,(H,30,32). The maximum atomic E-state index is 15.5. The Kier molecular flexibility index (Phi) is 6.16. The van der Waals surface area contributed by atoms with E-state index in [-0.39, 0.29) is 30.3 Å². The smallest absolute Gasteiger partial charge is 0.326 e. The second-order valence-electron chi connectivity index (χ2n) is 7.80. The zero-order chi connectivity index (χ0) is 25.2. The monoisotopic (exact) mass is 493 g/mol. The number of hydrogen-bond acceptors (Lipinski definition) is 6. The molecule has 0 saturated heterocycles. The van der Waals surface area contributed by atoms with Gasteiger partial charge in [0.05, 0.1) is 32.0 Å². The molecule has 4 aromatic rings. The molecule has 0 bridgehead atoms. The van der Waals surface area contributed by atoms with Crippen molar-refractivity contribution in [2.75, 3.05) is 37.6 Å². The zero-order valence-electron chi connectivity index (χ0n) is 19.4. The minimum atomic E-state index is -0.753. The molecule has 5 rings (SSSR count). The average molecular weight is 493 g/mol. The Morgan fingerprint density at radius 2 is 1.72 bits per heavy atom. The molecular formula is C26H21F2N3O5. The third-order valence-corrected chi connectivity index (χ3v) is 5.66. The summed E-state index contributed by atoms with van der Waals surface area (Å²) in [6.45, 7) is 0.287. The van der Waals surface area contributed by atoms with Crippen LogP contribution in [0.5, 0.6) is 28.7 Å². The van der Waals surface area contributed by atoms with E-state index in [2.05, 4.69) is 10.3 Å². The van der Waals surface area contributed by atoms with Gasteiger partial charge in [0, 0.05) is 23.3 Å². The molecule has 0 unspecified atom stereocenters. The Balaban J connectivity index is 1.45. The number of nitrogens with one attached hydrogen (secondary N) is 1. The molecule has 0 spiro atoms. The van der Waals surface area contributed by atoms with Gasteiger partial charge in [-0.3, -0.25) is 9.88 Å². The van der Waals surface area contributed by atoms with Crippen molar-refractivity contribution < 1.29 is 32.5 Å². The molecule has 2 amide bonds. The maximum Gasteiger partial charge on any atom is 0.326 e. The highest BCUT2D eigenvalue weighted by atomic mass is 19.1. The van der Waals surface area contributed by atoms with Crippen molar-refractivity contribution >= 4 is 28.3 Å². The van der Waals surface area contributed by atoms with E-state index < -0.39 is 17.7 Å². The SMILES string of the molecule is COc1cc2nccc(Oc3ccc4c(c3F)OCCN4C(=O)Nc3ccc(F)cc3)c2cc1OC. The number of benzene rings is 3. The van der Waals surface area contributed by atoms with Crippen molar-refractivity contribution in [3.05, 3.63) is 72.4 Å². The first kappa shape index (κ1) is 23.2. The predicted molar refractivity (Wildman–Crippen MR) is 130 cm³/mol. The van der Waals surface area contributed by atoms with Gasteiger partial charge in [0.15, 0.2) is 23.0 Å². The van der Waals surface area contributed by atoms with E-state index in [0.29, 0.717) is 33.8 Å². The van der Waals surface area contributed by atoms with Gasteiger partial charge in [-0.2, -0.15) is 4.39 Å². The number of urea groups is 1. The van der Waals surface area contributed by atoms with Crippen molar-refractivity contribution in [1.29, 1.82) is 0 Å². The van der Waals surface area contributed by atoms with Gasteiger partial charge in [-0.05, 0) is 48.5 Å². The van der Waals surface area contributed by atoms with Gasteiger partial charge in [-0.25, -0.2) is 9.18 Å². The van der Waals surface area contributed by atoms with Crippen molar-refractivity contribution in [3.63, 3.8) is 0 Å². The number of rotatable bonds is 5. The molecule has 0 aliphatic carbocycles. The van der Waals surface area contributed by atoms with Crippen LogP contribution in [0, 0.1) is 11.6 Å². The number of anilines is 2. The number of carbonyl (C=O) groups is 1. The van der Waals surface area contributed by atoms with Crippen LogP contribution in [0.1, 0.15) is 0 Å². The second kappa shape index (κ2) is 9.57. The van der Waals surface area contributed by atoms with Gasteiger partial charge < -0.3 is 24.3 Å². The summed E-state index contributed by atoms with van der Waals surface area (Å²) in [6.07, 6.45) is 1.54. The molecule has 1 aliphatic heterocycles. The largest absolute Gasteiger partial charge is 0.493 e. The molecule has 184 valence electrons. The fourth-order valence-electron chi connectivity index (χ4n) is 3.91. The van der Waals surface area contributed by atoms with Crippen LogP contribution in [0.25, 0.3) is 10.9 Å². The van der Waals surface area contributed by atoms with Gasteiger partial charge in [0.25, 0.3) is 0 Å². The third kappa shape index (κ3) is 4.28. The van der Waals surface area contributed by atoms with Crippen molar-refractivity contribution in [3.8, 4) is 28.7 Å². The molecule has 0 radical (unpaired) electrons. The molecule has 1 aliphatic rings. The number of halogens is 2. The van der Waals surface area contributed by atoms with Crippen molar-refractivity contribution in [1.82, 2.24) is 4.98 Å². The number of ether oxygens (including phenoxy) is 4. The van der Waals surface area contributed by atoms with E-state index in [0.717, 1.165) is 0 Å². The first-order valence-electron chi connectivity index (χ1n) is 11.0. The van der Waals surface area contributed by atoms with Gasteiger partial charge in [-0.1, -0.05) is 0 Å². The number of carbonyl (C=O) groups excluding carboxylic acids is 1. The Morgan fingerprint density at radius 3 is 2.47 bits per heavy atom. The minimum absolute atomic E-state index is 0.0827. The zero-order valence-corrected chi connectivity index (χ0v) is 19.4. The Labute approximate surface area is 205 Å². The maximum absolute atomic E-state index is 15.5. The summed E-state index contributed by atoms with van der Waals surface area (Å²) in [6, 6.07) is 12.8. The summed E-state index contributed by atoms with van der Waals surface area (Å²) in [7, 11) is 3.04. The van der Waals surface area contributed by atoms with Crippen LogP contribution >= 0.6 is 0 Å². The molecule has 0 atom stereocenters. The number of methoxy groups -OCH3 is 2. The number of hydrogen-bond donors (Lipinski definition) is 1. The summed E-state index contributed by atoms with van der Waals surface area (Å²) >= 11 is 0. The van der Waals surface area contributed by atoms with Crippen LogP contribution in [-0.4, -0.2) is 38.4 Å². The summed E-state index contributed by atoms with van der Waals surface area (Å²) in [5.41, 5.74) is 1.23. The van der Waals surface area contributed by atoms with Crippen LogP contribution in [0.2, 0.25) is 0 Å². The number of fused-ring (bicyclic) bond motifs is 2. The van der Waals surface area contributed by atoms with Crippen LogP contribution < -0.4 is 29.2 Å². The third-order valence-electron chi connectivity index (χ3n) is 5.66. The molecule has 0 saturated carbocycles. The number of pyridine rings is 1. The quantitative estimate of drug-likeness (QED) is 0.381. The van der Waals surface area contributed by atoms with Crippen molar-refractivity contribution in [2.45, 2.75) is 0 Å². The molecule has 1 aromatic heterocycles. The summed E-state index contributed by atoms with van der Waals surface area (Å²) in [5.74, 6) is -0.0398. The number of amides is 2. The molecule has 36 heavy (non-hydrogen) atoms. The summed E-state index contributed by atoms with van der Waals surface area (Å²) < 4.78 is 50.8. The van der Waals surface area contributed by atoms with Gasteiger partial charge in [0.1, 0.15) is 18.2 Å². The molecule has 1 N–H and O–H groups in total. The lowest BCUT2D eigenvalue weighted by molar-refractivity contribution is 0.247. The molecular weight excluding hydrogens is 472 g/mol.